The molecule has 0 rings (SSSR count). The molecule has 0 aromatic rings. The molecular formula is C28H11O8P. The van der Waals surface area contributed by atoms with Crippen molar-refractivity contribution >= 4 is 19.8 Å². The molecule has 0 fully saturated rings. The number of carbonyl (C=O) groups excluding carboxylic acids is 2. The number of rotatable bonds is 6. The van der Waals surface area contributed by atoms with Crippen molar-refractivity contribution in [3.8, 4) is 131 Å². The van der Waals surface area contributed by atoms with E-state index in [1.807, 2.05) is 17.8 Å². The third kappa shape index (κ3) is 23.2. The fourth-order valence-electron chi connectivity index (χ4n) is 1.35. The Bertz CT molecular complexity index is 1620. The molecule has 2 N–H and O–H groups in total. The first-order valence-electron chi connectivity index (χ1n) is 9.25. The SMILES string of the molecule is C#CC#CC#CC#CC(=O)O[C@H](COC(=O)C#CC#CC#CC#CC#CC#CC#CC)COP(=O)(O)O. The Morgan fingerprint density at radius 3 is 1.59 bits per heavy atom. The van der Waals surface area contributed by atoms with Crippen molar-refractivity contribution in [3.63, 3.8) is 0 Å². The third-order valence-electron chi connectivity index (χ3n) is 2.57. The monoisotopic (exact) mass is 506 g/mol. The van der Waals surface area contributed by atoms with Gasteiger partial charge >= 0.3 is 19.8 Å². The first-order valence-corrected chi connectivity index (χ1v) is 10.8. The molecule has 0 radical (unpaired) electrons. The maximum atomic E-state index is 11.7. The van der Waals surface area contributed by atoms with Crippen LogP contribution in [0, 0.1) is 131 Å². The highest BCUT2D eigenvalue weighted by Crippen LogP contribution is 2.35. The predicted molar refractivity (Wildman–Crippen MR) is 131 cm³/mol. The molecule has 0 saturated carbocycles. The number of phosphoric acid groups is 1. The van der Waals surface area contributed by atoms with E-state index < -0.39 is 39.1 Å². The number of phosphoric ester groups is 1. The molecule has 0 aliphatic heterocycles. The Hall–Kier alpha value is -5.79. The van der Waals surface area contributed by atoms with Gasteiger partial charge in [-0.3, -0.25) is 4.52 Å². The second-order valence-electron chi connectivity index (χ2n) is 5.18. The zero-order chi connectivity index (χ0) is 27.6. The fourth-order valence-corrected chi connectivity index (χ4v) is 1.71. The van der Waals surface area contributed by atoms with Crippen LogP contribution in [-0.2, 0) is 28.2 Å². The van der Waals surface area contributed by atoms with E-state index in [9.17, 15) is 14.2 Å². The number of esters is 2. The van der Waals surface area contributed by atoms with E-state index in [4.69, 9.17) is 25.7 Å². The van der Waals surface area contributed by atoms with Gasteiger partial charge in [0.1, 0.15) is 6.61 Å². The summed E-state index contributed by atoms with van der Waals surface area (Å²) in [6, 6.07) is 0. The summed E-state index contributed by atoms with van der Waals surface area (Å²) >= 11 is 0. The fraction of sp³-hybridized carbons (Fsp3) is 0.143. The minimum atomic E-state index is -4.90. The van der Waals surface area contributed by atoms with Crippen molar-refractivity contribution < 1.29 is 37.9 Å². The molecule has 0 saturated heterocycles. The molecule has 0 aliphatic carbocycles. The first kappa shape index (κ1) is 31.2. The average Bonchev–Trinajstić information content (AvgIpc) is 2.85. The van der Waals surface area contributed by atoms with Crippen LogP contribution in [0.1, 0.15) is 6.92 Å². The van der Waals surface area contributed by atoms with E-state index in [-0.39, 0.29) is 0 Å². The van der Waals surface area contributed by atoms with E-state index in [1.165, 1.54) is 0 Å². The zero-order valence-electron chi connectivity index (χ0n) is 18.9. The quantitative estimate of drug-likeness (QED) is 0.209. The molecule has 0 aliphatic rings. The van der Waals surface area contributed by atoms with Crippen LogP contribution in [0.15, 0.2) is 0 Å². The summed E-state index contributed by atoms with van der Waals surface area (Å²) < 4.78 is 24.7. The molecule has 0 unspecified atom stereocenters. The molecule has 176 valence electrons. The normalized spacial score (nSPS) is 7.84. The summed E-state index contributed by atoms with van der Waals surface area (Å²) in [5.41, 5.74) is 0. The average molecular weight is 506 g/mol. The van der Waals surface area contributed by atoms with Crippen LogP contribution in [0.4, 0.5) is 0 Å². The van der Waals surface area contributed by atoms with Crippen LogP contribution >= 0.6 is 7.82 Å². The van der Waals surface area contributed by atoms with E-state index in [2.05, 4.69) is 111 Å². The van der Waals surface area contributed by atoms with Crippen molar-refractivity contribution in [2.75, 3.05) is 13.2 Å². The third-order valence-corrected chi connectivity index (χ3v) is 3.05. The van der Waals surface area contributed by atoms with E-state index in [0.717, 1.165) is 0 Å². The highest BCUT2D eigenvalue weighted by Gasteiger charge is 2.22. The van der Waals surface area contributed by atoms with Crippen LogP contribution in [0.3, 0.4) is 0 Å². The molecule has 0 amide bonds. The highest BCUT2D eigenvalue weighted by molar-refractivity contribution is 7.46. The maximum absolute atomic E-state index is 11.7. The van der Waals surface area contributed by atoms with Gasteiger partial charge in [0.2, 0.25) is 0 Å². The Morgan fingerprint density at radius 2 is 1.14 bits per heavy atom. The molecule has 0 aromatic heterocycles. The molecule has 8 nitrogen and oxygen atoms in total. The van der Waals surface area contributed by atoms with E-state index >= 15 is 0 Å². The van der Waals surface area contributed by atoms with Gasteiger partial charge in [-0.25, -0.2) is 14.2 Å². The second-order valence-corrected chi connectivity index (χ2v) is 6.42. The Balaban J connectivity index is 4.95. The number of ether oxygens (including phenoxy) is 2. The molecule has 0 spiro atoms. The largest absolute Gasteiger partial charge is 0.469 e. The van der Waals surface area contributed by atoms with Gasteiger partial charge in [0, 0.05) is 11.8 Å². The van der Waals surface area contributed by atoms with Crippen LogP contribution in [0.25, 0.3) is 0 Å². The number of carbonyl (C=O) groups is 2. The molecular weight excluding hydrogens is 495 g/mol. The predicted octanol–water partition coefficient (Wildman–Crippen LogP) is -0.762. The lowest BCUT2D eigenvalue weighted by Gasteiger charge is -2.16. The smallest absolute Gasteiger partial charge is 0.452 e. The van der Waals surface area contributed by atoms with Gasteiger partial charge in [0.15, 0.2) is 6.10 Å². The first-order chi connectivity index (χ1) is 17.8. The molecule has 1 atom stereocenters. The van der Waals surface area contributed by atoms with Gasteiger partial charge < -0.3 is 19.3 Å². The van der Waals surface area contributed by atoms with Gasteiger partial charge in [-0.1, -0.05) is 5.92 Å². The summed E-state index contributed by atoms with van der Waals surface area (Å²) in [6.07, 6.45) is 3.48. The summed E-state index contributed by atoms with van der Waals surface area (Å²) in [5.74, 6) is 46.0. The van der Waals surface area contributed by atoms with Crippen molar-refractivity contribution in [1.29, 1.82) is 0 Å². The van der Waals surface area contributed by atoms with Crippen LogP contribution in [0.5, 0.6) is 0 Å². The summed E-state index contributed by atoms with van der Waals surface area (Å²) in [7, 11) is -4.90. The van der Waals surface area contributed by atoms with E-state index in [1.54, 1.807) is 6.92 Å². The lowest BCUT2D eigenvalue weighted by atomic mass is 10.4. The minimum Gasteiger partial charge on any atom is -0.452 e. The summed E-state index contributed by atoms with van der Waals surface area (Å²) in [6.45, 7) is 0.185. The minimum absolute atomic E-state index is 0.653. The number of terminal acetylenes is 1. The van der Waals surface area contributed by atoms with Gasteiger partial charge in [-0.15, -0.1) is 6.42 Å². The zero-order valence-corrected chi connectivity index (χ0v) is 19.8. The standard InChI is InChI=1S/C28H11O8P/c1-3-5-7-9-11-12-13-14-15-16-17-19-20-22-27(29)34-24-26(25-35-37(31,32)33)36-28(30)23-21-18-10-8-6-4-2/h2,26H,24-25H2,1H3,(H2,31,32,33)/t26-/m1/s1. The van der Waals surface area contributed by atoms with Crippen LogP contribution in [-0.4, -0.2) is 41.0 Å². The van der Waals surface area contributed by atoms with Gasteiger partial charge in [-0.05, 0) is 113 Å². The number of hydrogen-bond acceptors (Lipinski definition) is 6. The highest BCUT2D eigenvalue weighted by atomic mass is 31.2. The van der Waals surface area contributed by atoms with Crippen LogP contribution < -0.4 is 0 Å². The molecule has 0 bridgehead atoms. The molecule has 0 heterocycles. The second kappa shape index (κ2) is 20.8. The van der Waals surface area contributed by atoms with Crippen molar-refractivity contribution in [1.82, 2.24) is 0 Å². The molecule has 9 heteroatoms. The van der Waals surface area contributed by atoms with Gasteiger partial charge in [0.05, 0.1) is 6.61 Å². The van der Waals surface area contributed by atoms with Gasteiger partial charge in [0.25, 0.3) is 0 Å². The van der Waals surface area contributed by atoms with Gasteiger partial charge in [-0.2, -0.15) is 0 Å². The summed E-state index contributed by atoms with van der Waals surface area (Å²) in [5, 5.41) is 0. The lowest BCUT2D eigenvalue weighted by molar-refractivity contribution is -0.153. The maximum Gasteiger partial charge on any atom is 0.469 e. The van der Waals surface area contributed by atoms with Crippen molar-refractivity contribution in [2.24, 2.45) is 0 Å². The topological polar surface area (TPSA) is 119 Å². The lowest BCUT2D eigenvalue weighted by Crippen LogP contribution is -2.28. The van der Waals surface area contributed by atoms with Crippen molar-refractivity contribution in [3.05, 3.63) is 0 Å². The van der Waals surface area contributed by atoms with Crippen molar-refractivity contribution in [2.45, 2.75) is 13.0 Å². The number of hydrogen-bond donors (Lipinski definition) is 2. The van der Waals surface area contributed by atoms with Crippen LogP contribution in [0.2, 0.25) is 0 Å². The van der Waals surface area contributed by atoms with E-state index in [0.29, 0.717) is 0 Å². The molecule has 0 aromatic carbocycles. The summed E-state index contributed by atoms with van der Waals surface area (Å²) in [4.78, 5) is 41.0. The Kier molecular flexibility index (Phi) is 17.5. The Morgan fingerprint density at radius 1 is 0.703 bits per heavy atom. The Labute approximate surface area is 214 Å². The molecule has 37 heavy (non-hydrogen) atoms.